The molecular weight excluding hydrogens is 389 g/mol. The number of hydrogen-bond donors (Lipinski definition) is 2. The van der Waals surface area contributed by atoms with E-state index in [2.05, 4.69) is 21.9 Å². The van der Waals surface area contributed by atoms with Gasteiger partial charge in [0.15, 0.2) is 5.13 Å². The molecule has 1 aromatic heterocycles. The van der Waals surface area contributed by atoms with Crippen LogP contribution in [0.1, 0.15) is 18.9 Å². The third-order valence-electron chi connectivity index (χ3n) is 3.88. The Kier molecular flexibility index (Phi) is 5.83. The van der Waals surface area contributed by atoms with Crippen LogP contribution in [0.2, 0.25) is 0 Å². The van der Waals surface area contributed by atoms with E-state index in [0.29, 0.717) is 5.13 Å². The number of sulfonamides is 1. The lowest BCUT2D eigenvalue weighted by Gasteiger charge is -2.06. The molecule has 27 heavy (non-hydrogen) atoms. The van der Waals surface area contributed by atoms with Gasteiger partial charge in [-0.2, -0.15) is 0 Å². The molecule has 1 amide bonds. The molecule has 0 spiro atoms. The highest BCUT2D eigenvalue weighted by Crippen LogP contribution is 2.27. The number of nitrogens with zero attached hydrogens (tertiary/aromatic N) is 1. The zero-order valence-electron chi connectivity index (χ0n) is 14.5. The summed E-state index contributed by atoms with van der Waals surface area (Å²) in [6.45, 7) is 1.99. The fourth-order valence-corrected chi connectivity index (χ4v) is 4.40. The van der Waals surface area contributed by atoms with Crippen molar-refractivity contribution in [2.75, 3.05) is 11.9 Å². The monoisotopic (exact) mass is 407 g/mol. The van der Waals surface area contributed by atoms with Crippen LogP contribution in [-0.4, -0.2) is 25.9 Å². The van der Waals surface area contributed by atoms with Crippen LogP contribution in [0.3, 0.4) is 0 Å². The van der Waals surface area contributed by atoms with E-state index >= 15 is 0 Å². The number of fused-ring (bicyclic) bond motifs is 1. The Morgan fingerprint density at radius 1 is 1.19 bits per heavy atom. The van der Waals surface area contributed by atoms with E-state index in [-0.39, 0.29) is 23.8 Å². The number of carbonyl (C=O) groups is 1. The largest absolute Gasteiger partial charge is 0.302 e. The van der Waals surface area contributed by atoms with Crippen LogP contribution in [0.25, 0.3) is 10.2 Å². The summed E-state index contributed by atoms with van der Waals surface area (Å²) in [4.78, 5) is 16.4. The maximum atomic E-state index is 12.9. The average molecular weight is 407 g/mol. The van der Waals surface area contributed by atoms with Crippen LogP contribution in [-0.2, 0) is 21.2 Å². The second kappa shape index (κ2) is 8.12. The van der Waals surface area contributed by atoms with Gasteiger partial charge in [0.25, 0.3) is 0 Å². The molecule has 0 aliphatic rings. The Hall–Kier alpha value is -2.36. The minimum atomic E-state index is -3.78. The molecule has 2 N–H and O–H groups in total. The summed E-state index contributed by atoms with van der Waals surface area (Å²) >= 11 is 1.38. The van der Waals surface area contributed by atoms with E-state index in [1.165, 1.54) is 29.0 Å². The first-order valence-electron chi connectivity index (χ1n) is 8.32. The standard InChI is InChI=1S/C18H18FN3O3S2/c1-2-12-3-8-15-16(11-12)26-18(21-15)22-17(23)9-10-20-27(24,25)14-6-4-13(19)5-7-14/h3-8,11,20H,2,9-10H2,1H3,(H,21,22,23). The fraction of sp³-hybridized carbons (Fsp3) is 0.222. The third-order valence-corrected chi connectivity index (χ3v) is 6.29. The summed E-state index contributed by atoms with van der Waals surface area (Å²) in [6.07, 6.45) is 0.875. The van der Waals surface area contributed by atoms with E-state index in [4.69, 9.17) is 0 Å². The SMILES string of the molecule is CCc1ccc2nc(NC(=O)CCNS(=O)(=O)c3ccc(F)cc3)sc2c1. The zero-order valence-corrected chi connectivity index (χ0v) is 16.2. The predicted octanol–water partition coefficient (Wildman–Crippen LogP) is 3.30. The lowest BCUT2D eigenvalue weighted by molar-refractivity contribution is -0.116. The topological polar surface area (TPSA) is 88.2 Å². The van der Waals surface area contributed by atoms with Gasteiger partial charge in [0.1, 0.15) is 5.82 Å². The molecular formula is C18H18FN3O3S2. The van der Waals surface area contributed by atoms with Crippen LogP contribution in [0.5, 0.6) is 0 Å². The molecule has 9 heteroatoms. The predicted molar refractivity (Wildman–Crippen MR) is 104 cm³/mol. The van der Waals surface area contributed by atoms with Crippen molar-refractivity contribution >= 4 is 42.6 Å². The maximum absolute atomic E-state index is 12.9. The van der Waals surface area contributed by atoms with Crippen LogP contribution >= 0.6 is 11.3 Å². The molecule has 0 fully saturated rings. The number of benzene rings is 2. The molecule has 0 aliphatic carbocycles. The molecule has 0 atom stereocenters. The summed E-state index contributed by atoms with van der Waals surface area (Å²) in [5, 5.41) is 3.16. The number of anilines is 1. The van der Waals surface area contributed by atoms with Gasteiger partial charge in [-0.05, 0) is 48.4 Å². The van der Waals surface area contributed by atoms with Crippen molar-refractivity contribution in [1.29, 1.82) is 0 Å². The minimum absolute atomic E-state index is 0.0451. The number of amides is 1. The number of aryl methyl sites for hydroxylation is 1. The molecule has 3 rings (SSSR count). The van der Waals surface area contributed by atoms with E-state index in [1.807, 2.05) is 18.2 Å². The van der Waals surface area contributed by atoms with Gasteiger partial charge in [-0.25, -0.2) is 22.5 Å². The Morgan fingerprint density at radius 3 is 2.63 bits per heavy atom. The van der Waals surface area contributed by atoms with Crippen LogP contribution < -0.4 is 10.0 Å². The molecule has 142 valence electrons. The molecule has 0 saturated heterocycles. The van der Waals surface area contributed by atoms with E-state index in [1.54, 1.807) is 0 Å². The van der Waals surface area contributed by atoms with Crippen molar-refractivity contribution in [2.24, 2.45) is 0 Å². The van der Waals surface area contributed by atoms with Gasteiger partial charge in [0.05, 0.1) is 15.1 Å². The smallest absolute Gasteiger partial charge is 0.240 e. The minimum Gasteiger partial charge on any atom is -0.302 e. The van der Waals surface area contributed by atoms with E-state index < -0.39 is 15.8 Å². The Morgan fingerprint density at radius 2 is 1.93 bits per heavy atom. The lowest BCUT2D eigenvalue weighted by atomic mass is 10.2. The quantitative estimate of drug-likeness (QED) is 0.629. The number of hydrogen-bond acceptors (Lipinski definition) is 5. The second-order valence-corrected chi connectivity index (χ2v) is 8.62. The highest BCUT2D eigenvalue weighted by molar-refractivity contribution is 7.89. The van der Waals surface area contributed by atoms with Crippen molar-refractivity contribution < 1.29 is 17.6 Å². The molecule has 1 heterocycles. The van der Waals surface area contributed by atoms with Gasteiger partial charge in [-0.1, -0.05) is 24.3 Å². The van der Waals surface area contributed by atoms with Crippen molar-refractivity contribution in [1.82, 2.24) is 9.71 Å². The zero-order chi connectivity index (χ0) is 19.4. The number of aromatic nitrogens is 1. The van der Waals surface area contributed by atoms with Crippen molar-refractivity contribution in [3.63, 3.8) is 0 Å². The summed E-state index contributed by atoms with van der Waals surface area (Å²) < 4.78 is 40.4. The van der Waals surface area contributed by atoms with Gasteiger partial charge in [-0.15, -0.1) is 0 Å². The molecule has 0 bridgehead atoms. The van der Waals surface area contributed by atoms with Crippen molar-refractivity contribution in [3.8, 4) is 0 Å². The Labute approximate surface area is 160 Å². The molecule has 0 saturated carbocycles. The van der Waals surface area contributed by atoms with Crippen molar-refractivity contribution in [2.45, 2.75) is 24.7 Å². The van der Waals surface area contributed by atoms with Gasteiger partial charge in [-0.3, -0.25) is 4.79 Å². The van der Waals surface area contributed by atoms with Crippen LogP contribution in [0.15, 0.2) is 47.4 Å². The number of halogens is 1. The summed E-state index contributed by atoms with van der Waals surface area (Å²) in [6, 6.07) is 10.4. The molecule has 6 nitrogen and oxygen atoms in total. The number of rotatable bonds is 7. The molecule has 2 aromatic carbocycles. The normalized spacial score (nSPS) is 11.6. The van der Waals surface area contributed by atoms with Gasteiger partial charge >= 0.3 is 0 Å². The third kappa shape index (κ3) is 4.88. The molecule has 0 unspecified atom stereocenters. The average Bonchev–Trinajstić information content (AvgIpc) is 3.02. The Balaban J connectivity index is 1.56. The lowest BCUT2D eigenvalue weighted by Crippen LogP contribution is -2.27. The van der Waals surface area contributed by atoms with E-state index in [0.717, 1.165) is 28.8 Å². The maximum Gasteiger partial charge on any atom is 0.240 e. The summed E-state index contributed by atoms with van der Waals surface area (Å²) in [5.41, 5.74) is 2.00. The van der Waals surface area contributed by atoms with E-state index in [9.17, 15) is 17.6 Å². The highest BCUT2D eigenvalue weighted by Gasteiger charge is 2.15. The van der Waals surface area contributed by atoms with Gasteiger partial charge < -0.3 is 5.32 Å². The summed E-state index contributed by atoms with van der Waals surface area (Å²) in [7, 11) is -3.78. The van der Waals surface area contributed by atoms with Crippen LogP contribution in [0.4, 0.5) is 9.52 Å². The Bertz CT molecular complexity index is 1060. The van der Waals surface area contributed by atoms with Crippen molar-refractivity contribution in [3.05, 3.63) is 53.8 Å². The van der Waals surface area contributed by atoms with Gasteiger partial charge in [0.2, 0.25) is 15.9 Å². The molecule has 3 aromatic rings. The molecule has 0 aliphatic heterocycles. The molecule has 0 radical (unpaired) electrons. The first-order valence-corrected chi connectivity index (χ1v) is 10.6. The van der Waals surface area contributed by atoms with Crippen LogP contribution in [0, 0.1) is 5.82 Å². The fourth-order valence-electron chi connectivity index (χ4n) is 2.42. The second-order valence-electron chi connectivity index (χ2n) is 5.82. The van der Waals surface area contributed by atoms with Gasteiger partial charge in [0, 0.05) is 13.0 Å². The number of carbonyl (C=O) groups excluding carboxylic acids is 1. The first kappa shape index (κ1) is 19.4. The number of nitrogens with one attached hydrogen (secondary N) is 2. The highest BCUT2D eigenvalue weighted by atomic mass is 32.2. The summed E-state index contributed by atoms with van der Waals surface area (Å²) in [5.74, 6) is -0.859. The number of thiazole rings is 1. The first-order chi connectivity index (χ1) is 12.9.